The van der Waals surface area contributed by atoms with Crippen LogP contribution >= 0.6 is 11.8 Å². The zero-order valence-corrected chi connectivity index (χ0v) is 10.0. The van der Waals surface area contributed by atoms with Crippen molar-refractivity contribution in [1.29, 1.82) is 0 Å². The van der Waals surface area contributed by atoms with E-state index in [1.165, 1.54) is 0 Å². The van der Waals surface area contributed by atoms with Gasteiger partial charge < -0.3 is 16.0 Å². The van der Waals surface area contributed by atoms with Crippen molar-refractivity contribution in [2.45, 2.75) is 35.2 Å². The zero-order chi connectivity index (χ0) is 11.6. The maximum absolute atomic E-state index is 11.4. The van der Waals surface area contributed by atoms with E-state index in [0.29, 0.717) is 5.25 Å². The molecule has 1 aliphatic carbocycles. The predicted molar refractivity (Wildman–Crippen MR) is 63.1 cm³/mol. The summed E-state index contributed by atoms with van der Waals surface area (Å²) in [6.45, 7) is 0. The number of nitrogens with two attached hydrogens (primary N) is 1. The minimum absolute atomic E-state index is 0.252. The number of carbonyl (C=O) groups is 1. The molecule has 0 radical (unpaired) electrons. The van der Waals surface area contributed by atoms with Gasteiger partial charge in [-0.2, -0.15) is 0 Å². The minimum atomic E-state index is -0.524. The lowest BCUT2D eigenvalue weighted by molar-refractivity contribution is -0.124. The van der Waals surface area contributed by atoms with Crippen molar-refractivity contribution < 1.29 is 4.79 Å². The van der Waals surface area contributed by atoms with Crippen LogP contribution in [0.5, 0.6) is 0 Å². The van der Waals surface area contributed by atoms with Crippen LogP contribution in [0.4, 0.5) is 0 Å². The molecule has 1 amide bonds. The van der Waals surface area contributed by atoms with Crippen LogP contribution in [0.15, 0.2) is 17.6 Å². The largest absolute Gasteiger partial charge is 0.368 e. The van der Waals surface area contributed by atoms with Gasteiger partial charge in [0.25, 0.3) is 0 Å². The van der Waals surface area contributed by atoms with Gasteiger partial charge in [-0.15, -0.1) is 0 Å². The summed E-state index contributed by atoms with van der Waals surface area (Å²) in [5.74, 6) is -0.252. The molecule has 1 aromatic heterocycles. The highest BCUT2D eigenvalue weighted by molar-refractivity contribution is 7.99. The Morgan fingerprint density at radius 1 is 1.81 bits per heavy atom. The molecule has 0 spiro atoms. The lowest BCUT2D eigenvalue weighted by Crippen LogP contribution is -2.52. The molecule has 0 bridgehead atoms. The van der Waals surface area contributed by atoms with E-state index in [-0.39, 0.29) is 5.91 Å². The summed E-state index contributed by atoms with van der Waals surface area (Å²) in [4.78, 5) is 18.7. The molecule has 2 atom stereocenters. The monoisotopic (exact) mass is 240 g/mol. The fourth-order valence-corrected chi connectivity index (χ4v) is 3.33. The van der Waals surface area contributed by atoms with E-state index in [4.69, 9.17) is 5.73 Å². The molecule has 2 rings (SSSR count). The Morgan fingerprint density at radius 3 is 3.12 bits per heavy atom. The topological polar surface area (TPSA) is 83.8 Å². The van der Waals surface area contributed by atoms with Gasteiger partial charge in [0.05, 0.1) is 5.54 Å². The summed E-state index contributed by atoms with van der Waals surface area (Å²) in [5, 5.41) is 4.37. The second-order valence-corrected chi connectivity index (χ2v) is 5.36. The smallest absolute Gasteiger partial charge is 0.237 e. The second-order valence-electron chi connectivity index (χ2n) is 4.07. The lowest BCUT2D eigenvalue weighted by atomic mass is 9.97. The van der Waals surface area contributed by atoms with Gasteiger partial charge in [0.1, 0.15) is 0 Å². The summed E-state index contributed by atoms with van der Waals surface area (Å²) in [7, 11) is 1.80. The van der Waals surface area contributed by atoms with E-state index >= 15 is 0 Å². The van der Waals surface area contributed by atoms with Crippen LogP contribution in [0.1, 0.15) is 19.3 Å². The Morgan fingerprint density at radius 2 is 2.62 bits per heavy atom. The van der Waals surface area contributed by atoms with Crippen molar-refractivity contribution in [3.8, 4) is 0 Å². The van der Waals surface area contributed by atoms with E-state index < -0.39 is 5.54 Å². The molecule has 0 aliphatic heterocycles. The summed E-state index contributed by atoms with van der Waals surface area (Å²) >= 11 is 1.68. The molecule has 0 saturated heterocycles. The molecule has 5 nitrogen and oxygen atoms in total. The second kappa shape index (κ2) is 4.47. The maximum Gasteiger partial charge on any atom is 0.237 e. The normalized spacial score (nSPS) is 29.4. The molecule has 1 saturated carbocycles. The Bertz CT molecular complexity index is 367. The molecule has 1 heterocycles. The molecular weight excluding hydrogens is 224 g/mol. The molecule has 2 unspecified atom stereocenters. The number of hydrogen-bond acceptors (Lipinski definition) is 4. The molecule has 88 valence electrons. The Balaban J connectivity index is 1.99. The van der Waals surface area contributed by atoms with Gasteiger partial charge in [-0.3, -0.25) is 4.79 Å². The molecule has 1 fully saturated rings. The molecule has 0 aromatic carbocycles. The first-order valence-corrected chi connectivity index (χ1v) is 6.19. The molecule has 1 aromatic rings. The molecule has 16 heavy (non-hydrogen) atoms. The SMILES string of the molecule is CNC1(C(N)=O)CCC(Sc2ncc[nH]2)C1. The van der Waals surface area contributed by atoms with Crippen molar-refractivity contribution in [2.75, 3.05) is 7.05 Å². The predicted octanol–water partition coefficient (Wildman–Crippen LogP) is 0.498. The standard InChI is InChI=1S/C10H16N4OS/c1-12-10(8(11)15)3-2-7(6-10)16-9-13-4-5-14-9/h4-5,7,12H,2-3,6H2,1H3,(H2,11,15)(H,13,14). The highest BCUT2D eigenvalue weighted by Gasteiger charge is 2.43. The number of amides is 1. The number of aromatic nitrogens is 2. The van der Waals surface area contributed by atoms with Crippen LogP contribution in [0, 0.1) is 0 Å². The van der Waals surface area contributed by atoms with Gasteiger partial charge >= 0.3 is 0 Å². The van der Waals surface area contributed by atoms with Crippen molar-refractivity contribution in [3.05, 3.63) is 12.4 Å². The van der Waals surface area contributed by atoms with Crippen LogP contribution < -0.4 is 11.1 Å². The summed E-state index contributed by atoms with van der Waals surface area (Å²) in [6, 6.07) is 0. The molecular formula is C10H16N4OS. The van der Waals surface area contributed by atoms with Gasteiger partial charge in [0, 0.05) is 17.6 Å². The molecule has 6 heteroatoms. The quantitative estimate of drug-likeness (QED) is 0.715. The van der Waals surface area contributed by atoms with E-state index in [0.717, 1.165) is 24.4 Å². The summed E-state index contributed by atoms with van der Waals surface area (Å²) in [6.07, 6.45) is 6.09. The van der Waals surface area contributed by atoms with Crippen molar-refractivity contribution in [3.63, 3.8) is 0 Å². The van der Waals surface area contributed by atoms with Crippen LogP contribution in [0.25, 0.3) is 0 Å². The zero-order valence-electron chi connectivity index (χ0n) is 9.19. The number of carbonyl (C=O) groups excluding carboxylic acids is 1. The lowest BCUT2D eigenvalue weighted by Gasteiger charge is -2.24. The van der Waals surface area contributed by atoms with Crippen molar-refractivity contribution in [2.24, 2.45) is 5.73 Å². The number of imidazole rings is 1. The van der Waals surface area contributed by atoms with E-state index in [1.807, 2.05) is 0 Å². The number of aromatic amines is 1. The fourth-order valence-electron chi connectivity index (χ4n) is 2.15. The first-order chi connectivity index (χ1) is 7.66. The van der Waals surface area contributed by atoms with Gasteiger partial charge in [0.2, 0.25) is 5.91 Å². The number of H-pyrrole nitrogens is 1. The number of rotatable bonds is 4. The number of nitrogens with zero attached hydrogens (tertiary/aromatic N) is 1. The third-order valence-corrected chi connectivity index (χ3v) is 4.35. The number of hydrogen-bond donors (Lipinski definition) is 3. The highest BCUT2D eigenvalue weighted by Crippen LogP contribution is 2.38. The van der Waals surface area contributed by atoms with Crippen LogP contribution in [-0.2, 0) is 4.79 Å². The van der Waals surface area contributed by atoms with Gasteiger partial charge in [-0.25, -0.2) is 4.98 Å². The van der Waals surface area contributed by atoms with Gasteiger partial charge in [-0.05, 0) is 26.3 Å². The average Bonchev–Trinajstić information content (AvgIpc) is 2.88. The Hall–Kier alpha value is -1.01. The average molecular weight is 240 g/mol. The number of primary amides is 1. The van der Waals surface area contributed by atoms with E-state index in [1.54, 1.807) is 31.2 Å². The minimum Gasteiger partial charge on any atom is -0.368 e. The third kappa shape index (κ3) is 2.08. The number of thioether (sulfide) groups is 1. The third-order valence-electron chi connectivity index (χ3n) is 3.17. The first-order valence-electron chi connectivity index (χ1n) is 5.31. The fraction of sp³-hybridized carbons (Fsp3) is 0.600. The summed E-state index contributed by atoms with van der Waals surface area (Å²) < 4.78 is 0. The van der Waals surface area contributed by atoms with Crippen LogP contribution in [0.2, 0.25) is 0 Å². The highest BCUT2D eigenvalue weighted by atomic mass is 32.2. The summed E-state index contributed by atoms with van der Waals surface area (Å²) in [5.41, 5.74) is 4.92. The number of likely N-dealkylation sites (N-methyl/N-ethyl adjacent to an activating group) is 1. The van der Waals surface area contributed by atoms with E-state index in [2.05, 4.69) is 15.3 Å². The Labute approximate surface area is 98.6 Å². The maximum atomic E-state index is 11.4. The number of nitrogens with one attached hydrogen (secondary N) is 2. The molecule has 4 N–H and O–H groups in total. The Kier molecular flexibility index (Phi) is 3.20. The molecule has 1 aliphatic rings. The van der Waals surface area contributed by atoms with Gasteiger partial charge in [0.15, 0.2) is 5.16 Å². The van der Waals surface area contributed by atoms with E-state index in [9.17, 15) is 4.79 Å². The first kappa shape index (κ1) is 11.5. The van der Waals surface area contributed by atoms with Gasteiger partial charge in [-0.1, -0.05) is 11.8 Å². The van der Waals surface area contributed by atoms with Crippen LogP contribution in [0.3, 0.4) is 0 Å². The van der Waals surface area contributed by atoms with Crippen molar-refractivity contribution in [1.82, 2.24) is 15.3 Å². The van der Waals surface area contributed by atoms with Crippen LogP contribution in [-0.4, -0.2) is 33.7 Å². The van der Waals surface area contributed by atoms with Crippen molar-refractivity contribution >= 4 is 17.7 Å².